The normalized spacial score (nSPS) is 10.3. The summed E-state index contributed by atoms with van der Waals surface area (Å²) in [6.45, 7) is 3.66. The average Bonchev–Trinajstić information content (AvgIpc) is 2.28. The van der Waals surface area contributed by atoms with Crippen molar-refractivity contribution in [3.8, 4) is 0 Å². The number of aromatic nitrogens is 1. The van der Waals surface area contributed by atoms with E-state index in [4.69, 9.17) is 5.73 Å². The fraction of sp³-hybridized carbons (Fsp3) is 0.154. The summed E-state index contributed by atoms with van der Waals surface area (Å²) in [7, 11) is 0. The summed E-state index contributed by atoms with van der Waals surface area (Å²) in [6.07, 6.45) is 0. The van der Waals surface area contributed by atoms with Gasteiger partial charge in [0.15, 0.2) is 0 Å². The summed E-state index contributed by atoms with van der Waals surface area (Å²) in [5, 5.41) is 2.97. The van der Waals surface area contributed by atoms with Gasteiger partial charge in [0.2, 0.25) is 0 Å². The van der Waals surface area contributed by atoms with Crippen molar-refractivity contribution in [3.05, 3.63) is 47.4 Å². The van der Waals surface area contributed by atoms with Crippen LogP contribution in [0.4, 0.5) is 21.6 Å². The number of aryl methyl sites for hydroxylation is 2. The highest BCUT2D eigenvalue weighted by Crippen LogP contribution is 2.23. The third-order valence-electron chi connectivity index (χ3n) is 2.60. The second-order valence-corrected chi connectivity index (χ2v) is 3.93. The first-order chi connectivity index (χ1) is 8.08. The Morgan fingerprint density at radius 1 is 1.18 bits per heavy atom. The van der Waals surface area contributed by atoms with Gasteiger partial charge in [0.05, 0.1) is 17.1 Å². The highest BCUT2D eigenvalue weighted by Gasteiger charge is 2.06. The van der Waals surface area contributed by atoms with Crippen LogP contribution in [0.2, 0.25) is 0 Å². The van der Waals surface area contributed by atoms with Gasteiger partial charge in [0.25, 0.3) is 0 Å². The van der Waals surface area contributed by atoms with Crippen molar-refractivity contribution < 1.29 is 4.39 Å². The van der Waals surface area contributed by atoms with Gasteiger partial charge < -0.3 is 11.1 Å². The largest absolute Gasteiger partial charge is 0.397 e. The number of rotatable bonds is 2. The molecular weight excluding hydrogens is 217 g/mol. The predicted molar refractivity (Wildman–Crippen MR) is 67.8 cm³/mol. The van der Waals surface area contributed by atoms with Gasteiger partial charge in [-0.1, -0.05) is 12.1 Å². The summed E-state index contributed by atoms with van der Waals surface area (Å²) >= 11 is 0. The zero-order chi connectivity index (χ0) is 12.4. The van der Waals surface area contributed by atoms with E-state index in [0.717, 1.165) is 11.3 Å². The molecule has 3 nitrogen and oxygen atoms in total. The smallest absolute Gasteiger partial charge is 0.146 e. The number of nitrogens with one attached hydrogen (secondary N) is 1. The lowest BCUT2D eigenvalue weighted by Crippen LogP contribution is -2.01. The van der Waals surface area contributed by atoms with E-state index in [-0.39, 0.29) is 5.82 Å². The Labute approximate surface area is 99.5 Å². The van der Waals surface area contributed by atoms with Crippen LogP contribution in [0, 0.1) is 19.7 Å². The van der Waals surface area contributed by atoms with E-state index in [1.165, 1.54) is 6.07 Å². The van der Waals surface area contributed by atoms with Crippen LogP contribution in [0.1, 0.15) is 11.3 Å². The van der Waals surface area contributed by atoms with Crippen LogP contribution in [0.15, 0.2) is 30.3 Å². The first-order valence-corrected chi connectivity index (χ1v) is 5.33. The van der Waals surface area contributed by atoms with Gasteiger partial charge in [0.1, 0.15) is 11.6 Å². The average molecular weight is 231 g/mol. The topological polar surface area (TPSA) is 50.9 Å². The lowest BCUT2D eigenvalue weighted by molar-refractivity contribution is 0.631. The number of para-hydroxylation sites is 1. The highest BCUT2D eigenvalue weighted by atomic mass is 19.1. The van der Waals surface area contributed by atoms with Crippen LogP contribution >= 0.6 is 0 Å². The second kappa shape index (κ2) is 4.41. The summed E-state index contributed by atoms with van der Waals surface area (Å²) in [5.74, 6) is 0.297. The molecule has 1 heterocycles. The lowest BCUT2D eigenvalue weighted by atomic mass is 10.2. The lowest BCUT2D eigenvalue weighted by Gasteiger charge is -2.10. The molecule has 2 aromatic rings. The summed E-state index contributed by atoms with van der Waals surface area (Å²) in [6, 6.07) is 8.42. The highest BCUT2D eigenvalue weighted by molar-refractivity contribution is 5.62. The standard InChI is InChI=1S/C13H14FN3/c1-8-4-3-5-10(14)13(8)17-12-7-6-11(15)9(2)16-12/h3-7H,15H2,1-2H3,(H,16,17). The molecule has 0 aliphatic heterocycles. The second-order valence-electron chi connectivity index (χ2n) is 3.93. The number of hydrogen-bond donors (Lipinski definition) is 2. The van der Waals surface area contributed by atoms with E-state index < -0.39 is 0 Å². The van der Waals surface area contributed by atoms with Crippen LogP contribution in [0.5, 0.6) is 0 Å². The summed E-state index contributed by atoms with van der Waals surface area (Å²) in [5.41, 5.74) is 8.31. The molecular formula is C13H14FN3. The van der Waals surface area contributed by atoms with Gasteiger partial charge in [-0.05, 0) is 37.6 Å². The Hall–Kier alpha value is -2.10. The van der Waals surface area contributed by atoms with Gasteiger partial charge in [-0.2, -0.15) is 0 Å². The van der Waals surface area contributed by atoms with Crippen molar-refractivity contribution >= 4 is 17.2 Å². The molecule has 1 aromatic heterocycles. The van der Waals surface area contributed by atoms with Gasteiger partial charge in [-0.3, -0.25) is 0 Å². The first kappa shape index (κ1) is 11.4. The fourth-order valence-electron chi connectivity index (χ4n) is 1.56. The molecule has 1 aromatic carbocycles. The molecule has 0 amide bonds. The monoisotopic (exact) mass is 231 g/mol. The van der Waals surface area contributed by atoms with E-state index in [1.807, 2.05) is 19.9 Å². The third kappa shape index (κ3) is 2.36. The molecule has 0 unspecified atom stereocenters. The summed E-state index contributed by atoms with van der Waals surface area (Å²) in [4.78, 5) is 4.25. The maximum atomic E-state index is 13.6. The molecule has 3 N–H and O–H groups in total. The maximum Gasteiger partial charge on any atom is 0.146 e. The summed E-state index contributed by atoms with van der Waals surface area (Å²) < 4.78 is 13.6. The molecule has 0 saturated carbocycles. The van der Waals surface area contributed by atoms with Crippen molar-refractivity contribution in [2.45, 2.75) is 13.8 Å². The molecule has 2 rings (SSSR count). The first-order valence-electron chi connectivity index (χ1n) is 5.33. The minimum absolute atomic E-state index is 0.290. The number of hydrogen-bond acceptors (Lipinski definition) is 3. The van der Waals surface area contributed by atoms with Crippen LogP contribution in [-0.4, -0.2) is 4.98 Å². The number of nitrogen functional groups attached to an aromatic ring is 1. The third-order valence-corrected chi connectivity index (χ3v) is 2.60. The Morgan fingerprint density at radius 2 is 1.94 bits per heavy atom. The van der Waals surface area contributed by atoms with Crippen molar-refractivity contribution in [1.82, 2.24) is 4.98 Å². The molecule has 0 radical (unpaired) electrons. The van der Waals surface area contributed by atoms with Crippen LogP contribution in [0.25, 0.3) is 0 Å². The predicted octanol–water partition coefficient (Wildman–Crippen LogP) is 3.16. The van der Waals surface area contributed by atoms with E-state index in [0.29, 0.717) is 17.2 Å². The molecule has 17 heavy (non-hydrogen) atoms. The van der Waals surface area contributed by atoms with E-state index >= 15 is 0 Å². The molecule has 4 heteroatoms. The molecule has 0 saturated heterocycles. The van der Waals surface area contributed by atoms with Gasteiger partial charge in [-0.15, -0.1) is 0 Å². The quantitative estimate of drug-likeness (QED) is 0.834. The molecule has 0 atom stereocenters. The molecule has 0 fully saturated rings. The van der Waals surface area contributed by atoms with E-state index in [9.17, 15) is 4.39 Å². The van der Waals surface area contributed by atoms with Crippen LogP contribution < -0.4 is 11.1 Å². The van der Waals surface area contributed by atoms with E-state index in [2.05, 4.69) is 10.3 Å². The SMILES string of the molecule is Cc1cccc(F)c1Nc1ccc(N)c(C)n1. The minimum atomic E-state index is -0.290. The molecule has 88 valence electrons. The Bertz CT molecular complexity index is 532. The van der Waals surface area contributed by atoms with Gasteiger partial charge in [0, 0.05) is 0 Å². The number of pyridine rings is 1. The number of nitrogens with zero attached hydrogens (tertiary/aromatic N) is 1. The molecule has 0 spiro atoms. The van der Waals surface area contributed by atoms with Crippen LogP contribution in [-0.2, 0) is 0 Å². The van der Waals surface area contributed by atoms with Crippen molar-refractivity contribution in [2.24, 2.45) is 0 Å². The molecule has 0 aliphatic carbocycles. The molecule has 0 bridgehead atoms. The van der Waals surface area contributed by atoms with Crippen molar-refractivity contribution in [1.29, 1.82) is 0 Å². The van der Waals surface area contributed by atoms with Gasteiger partial charge >= 0.3 is 0 Å². The van der Waals surface area contributed by atoms with Crippen molar-refractivity contribution in [2.75, 3.05) is 11.1 Å². The zero-order valence-corrected chi connectivity index (χ0v) is 9.79. The van der Waals surface area contributed by atoms with E-state index in [1.54, 1.807) is 18.2 Å². The van der Waals surface area contributed by atoms with Crippen LogP contribution in [0.3, 0.4) is 0 Å². The zero-order valence-electron chi connectivity index (χ0n) is 9.79. The Morgan fingerprint density at radius 3 is 2.59 bits per heavy atom. The molecule has 0 aliphatic rings. The van der Waals surface area contributed by atoms with Gasteiger partial charge in [-0.25, -0.2) is 9.37 Å². The fourth-order valence-corrected chi connectivity index (χ4v) is 1.56. The number of anilines is 3. The number of benzene rings is 1. The Kier molecular flexibility index (Phi) is 2.95. The van der Waals surface area contributed by atoms with Crippen molar-refractivity contribution in [3.63, 3.8) is 0 Å². The number of halogens is 1. The maximum absolute atomic E-state index is 13.6. The number of nitrogens with two attached hydrogens (primary N) is 1. The minimum Gasteiger partial charge on any atom is -0.397 e. The Balaban J connectivity index is 2.35.